The quantitative estimate of drug-likeness (QED) is 0.642. The monoisotopic (exact) mass is 272 g/mol. The zero-order valence-electron chi connectivity index (χ0n) is 12.1. The van der Waals surface area contributed by atoms with Crippen LogP contribution in [0.3, 0.4) is 0 Å². The topological polar surface area (TPSA) is 73.1 Å². The van der Waals surface area contributed by atoms with Crippen molar-refractivity contribution in [2.24, 2.45) is 5.84 Å². The van der Waals surface area contributed by atoms with Crippen molar-refractivity contribution in [3.8, 4) is 5.88 Å². The molecule has 1 aromatic carbocycles. The molecule has 0 spiro atoms. The van der Waals surface area contributed by atoms with E-state index in [2.05, 4.69) is 47.7 Å². The number of nitrogens with two attached hydrogens (primary N) is 1. The van der Waals surface area contributed by atoms with Crippen LogP contribution in [0.1, 0.15) is 28.4 Å². The molecule has 5 heteroatoms. The Morgan fingerprint density at radius 3 is 2.60 bits per heavy atom. The summed E-state index contributed by atoms with van der Waals surface area (Å²) >= 11 is 0. The zero-order valence-corrected chi connectivity index (χ0v) is 12.1. The van der Waals surface area contributed by atoms with Gasteiger partial charge in [-0.1, -0.05) is 23.8 Å². The third kappa shape index (κ3) is 3.31. The van der Waals surface area contributed by atoms with E-state index in [1.807, 2.05) is 6.07 Å². The van der Waals surface area contributed by atoms with Crippen LogP contribution in [-0.4, -0.2) is 17.3 Å². The molecule has 0 amide bonds. The third-order valence-corrected chi connectivity index (χ3v) is 3.36. The molecule has 0 radical (unpaired) electrons. The van der Waals surface area contributed by atoms with Crippen LogP contribution in [0.4, 0.5) is 0 Å². The number of benzene rings is 1. The van der Waals surface area contributed by atoms with E-state index in [0.717, 1.165) is 12.1 Å². The van der Waals surface area contributed by atoms with Gasteiger partial charge in [-0.3, -0.25) is 11.3 Å². The largest absolute Gasteiger partial charge is 0.480 e. The summed E-state index contributed by atoms with van der Waals surface area (Å²) in [6.45, 7) is 4.18. The first-order valence-corrected chi connectivity index (χ1v) is 6.54. The first-order chi connectivity index (χ1) is 9.63. The molecule has 106 valence electrons. The molecular formula is C15H20N4O. The number of methoxy groups -OCH3 is 1. The number of hydrogen-bond donors (Lipinski definition) is 2. The standard InChI is InChI=1S/C15H20N4O/c1-10-4-5-11(2)12(8-10)9-14(17-16)13-6-7-15(20-3)19-18-13/h4-8,14,17H,9,16H2,1-3H3. The van der Waals surface area contributed by atoms with Gasteiger partial charge in [0.15, 0.2) is 0 Å². The normalized spacial score (nSPS) is 12.2. The molecular weight excluding hydrogens is 252 g/mol. The van der Waals surface area contributed by atoms with E-state index < -0.39 is 0 Å². The Hall–Kier alpha value is -1.98. The van der Waals surface area contributed by atoms with E-state index in [9.17, 15) is 0 Å². The molecule has 0 fully saturated rings. The van der Waals surface area contributed by atoms with Crippen molar-refractivity contribution in [3.63, 3.8) is 0 Å². The van der Waals surface area contributed by atoms with Gasteiger partial charge in [0.25, 0.3) is 0 Å². The second kappa shape index (κ2) is 6.45. The molecule has 0 saturated carbocycles. The Labute approximate surface area is 119 Å². The van der Waals surface area contributed by atoms with Gasteiger partial charge in [0, 0.05) is 6.07 Å². The summed E-state index contributed by atoms with van der Waals surface area (Å²) in [5.74, 6) is 6.16. The van der Waals surface area contributed by atoms with Crippen LogP contribution in [0.15, 0.2) is 30.3 Å². The van der Waals surface area contributed by atoms with E-state index in [1.54, 1.807) is 13.2 Å². The number of nitrogens with one attached hydrogen (secondary N) is 1. The summed E-state index contributed by atoms with van der Waals surface area (Å²) in [5, 5.41) is 8.13. The van der Waals surface area contributed by atoms with Gasteiger partial charge in [-0.2, -0.15) is 5.10 Å². The van der Waals surface area contributed by atoms with Crippen molar-refractivity contribution in [1.82, 2.24) is 15.6 Å². The summed E-state index contributed by atoms with van der Waals surface area (Å²) in [5.41, 5.74) is 7.35. The van der Waals surface area contributed by atoms with Crippen LogP contribution in [0, 0.1) is 13.8 Å². The molecule has 1 unspecified atom stereocenters. The molecule has 3 N–H and O–H groups in total. The zero-order chi connectivity index (χ0) is 14.5. The summed E-state index contributed by atoms with van der Waals surface area (Å²) in [6.07, 6.45) is 0.769. The lowest BCUT2D eigenvalue weighted by molar-refractivity contribution is 0.389. The van der Waals surface area contributed by atoms with Crippen molar-refractivity contribution in [2.45, 2.75) is 26.3 Å². The number of hydrogen-bond acceptors (Lipinski definition) is 5. The highest BCUT2D eigenvalue weighted by molar-refractivity contribution is 5.32. The molecule has 2 aromatic rings. The van der Waals surface area contributed by atoms with Gasteiger partial charge in [0.2, 0.25) is 5.88 Å². The van der Waals surface area contributed by atoms with Crippen molar-refractivity contribution in [2.75, 3.05) is 7.11 Å². The second-order valence-electron chi connectivity index (χ2n) is 4.85. The molecule has 0 aliphatic carbocycles. The lowest BCUT2D eigenvalue weighted by atomic mass is 9.97. The minimum absolute atomic E-state index is 0.0751. The molecule has 5 nitrogen and oxygen atoms in total. The van der Waals surface area contributed by atoms with Gasteiger partial charge in [-0.25, -0.2) is 0 Å². The molecule has 20 heavy (non-hydrogen) atoms. The first kappa shape index (κ1) is 14.4. The number of rotatable bonds is 5. The summed E-state index contributed by atoms with van der Waals surface area (Å²) in [7, 11) is 1.57. The van der Waals surface area contributed by atoms with Crippen LogP contribution in [0.2, 0.25) is 0 Å². The van der Waals surface area contributed by atoms with Crippen molar-refractivity contribution < 1.29 is 4.74 Å². The lowest BCUT2D eigenvalue weighted by Gasteiger charge is -2.17. The average molecular weight is 272 g/mol. The highest BCUT2D eigenvalue weighted by Crippen LogP contribution is 2.20. The van der Waals surface area contributed by atoms with E-state index in [0.29, 0.717) is 5.88 Å². The van der Waals surface area contributed by atoms with Gasteiger partial charge < -0.3 is 4.74 Å². The highest BCUT2D eigenvalue weighted by atomic mass is 16.5. The third-order valence-electron chi connectivity index (χ3n) is 3.36. The number of hydrazine groups is 1. The SMILES string of the molecule is COc1ccc(C(Cc2cc(C)ccc2C)NN)nn1. The van der Waals surface area contributed by atoms with Crippen LogP contribution in [0.25, 0.3) is 0 Å². The van der Waals surface area contributed by atoms with Gasteiger partial charge >= 0.3 is 0 Å². The van der Waals surface area contributed by atoms with Gasteiger partial charge in [-0.15, -0.1) is 5.10 Å². The fourth-order valence-electron chi connectivity index (χ4n) is 2.11. The maximum Gasteiger partial charge on any atom is 0.233 e. The van der Waals surface area contributed by atoms with Gasteiger partial charge in [0.05, 0.1) is 18.8 Å². The maximum absolute atomic E-state index is 5.66. The molecule has 0 aliphatic rings. The van der Waals surface area contributed by atoms with E-state index in [-0.39, 0.29) is 6.04 Å². The summed E-state index contributed by atoms with van der Waals surface area (Å²) in [6, 6.07) is 10.00. The minimum atomic E-state index is -0.0751. The number of aryl methyl sites for hydroxylation is 2. The number of aromatic nitrogens is 2. The lowest BCUT2D eigenvalue weighted by Crippen LogP contribution is -2.30. The molecule has 0 aliphatic heterocycles. The molecule has 1 heterocycles. The molecule has 0 bridgehead atoms. The molecule has 2 rings (SSSR count). The number of ether oxygens (including phenoxy) is 1. The molecule has 0 saturated heterocycles. The van der Waals surface area contributed by atoms with E-state index >= 15 is 0 Å². The van der Waals surface area contributed by atoms with Gasteiger partial charge in [0.1, 0.15) is 0 Å². The Kier molecular flexibility index (Phi) is 4.65. The fourth-order valence-corrected chi connectivity index (χ4v) is 2.11. The Morgan fingerprint density at radius 1 is 1.20 bits per heavy atom. The summed E-state index contributed by atoms with van der Waals surface area (Å²) < 4.78 is 5.01. The average Bonchev–Trinajstić information content (AvgIpc) is 2.48. The van der Waals surface area contributed by atoms with E-state index in [1.165, 1.54) is 16.7 Å². The predicted molar refractivity (Wildman–Crippen MR) is 78.3 cm³/mol. The second-order valence-corrected chi connectivity index (χ2v) is 4.85. The van der Waals surface area contributed by atoms with Crippen molar-refractivity contribution >= 4 is 0 Å². The van der Waals surface area contributed by atoms with Gasteiger partial charge in [-0.05, 0) is 37.5 Å². The van der Waals surface area contributed by atoms with Crippen LogP contribution < -0.4 is 16.0 Å². The first-order valence-electron chi connectivity index (χ1n) is 6.54. The smallest absolute Gasteiger partial charge is 0.233 e. The van der Waals surface area contributed by atoms with Crippen molar-refractivity contribution in [3.05, 3.63) is 52.7 Å². The Morgan fingerprint density at radius 2 is 2.00 bits per heavy atom. The molecule has 1 aromatic heterocycles. The molecule has 1 atom stereocenters. The van der Waals surface area contributed by atoms with E-state index in [4.69, 9.17) is 10.6 Å². The Bertz CT molecular complexity index is 569. The predicted octanol–water partition coefficient (Wildman–Crippen LogP) is 1.85. The Balaban J connectivity index is 2.21. The fraction of sp³-hybridized carbons (Fsp3) is 0.333. The van der Waals surface area contributed by atoms with Crippen LogP contribution in [-0.2, 0) is 6.42 Å². The minimum Gasteiger partial charge on any atom is -0.480 e. The highest BCUT2D eigenvalue weighted by Gasteiger charge is 2.14. The maximum atomic E-state index is 5.66. The van der Waals surface area contributed by atoms with Crippen LogP contribution >= 0.6 is 0 Å². The summed E-state index contributed by atoms with van der Waals surface area (Å²) in [4.78, 5) is 0. The van der Waals surface area contributed by atoms with Crippen molar-refractivity contribution in [1.29, 1.82) is 0 Å². The number of nitrogens with zero attached hydrogens (tertiary/aromatic N) is 2. The van der Waals surface area contributed by atoms with Crippen LogP contribution in [0.5, 0.6) is 5.88 Å².